The van der Waals surface area contributed by atoms with Gasteiger partial charge in [-0.3, -0.25) is 9.59 Å². The zero-order valence-electron chi connectivity index (χ0n) is 14.4. The van der Waals surface area contributed by atoms with Gasteiger partial charge in [0, 0.05) is 11.5 Å². The summed E-state index contributed by atoms with van der Waals surface area (Å²) in [6, 6.07) is 18.0. The molecule has 0 atom stereocenters. The highest BCUT2D eigenvalue weighted by molar-refractivity contribution is 6.11. The van der Waals surface area contributed by atoms with E-state index < -0.39 is 17.5 Å². The van der Waals surface area contributed by atoms with Gasteiger partial charge in [0.15, 0.2) is 5.69 Å². The van der Waals surface area contributed by atoms with Gasteiger partial charge in [0.25, 0.3) is 11.5 Å². The summed E-state index contributed by atoms with van der Waals surface area (Å²) in [6.45, 7) is 0. The van der Waals surface area contributed by atoms with Gasteiger partial charge in [-0.15, -0.1) is 0 Å². The highest BCUT2D eigenvalue weighted by Crippen LogP contribution is 2.19. The lowest BCUT2D eigenvalue weighted by Gasteiger charge is -2.11. The van der Waals surface area contributed by atoms with Gasteiger partial charge in [-0.25, -0.2) is 8.78 Å². The van der Waals surface area contributed by atoms with E-state index in [4.69, 9.17) is 0 Å². The number of nitrogens with one attached hydrogen (secondary N) is 1. The van der Waals surface area contributed by atoms with Crippen molar-refractivity contribution >= 4 is 22.4 Å². The Hall–Kier alpha value is -3.87. The molecule has 0 spiro atoms. The van der Waals surface area contributed by atoms with Gasteiger partial charge in [0.2, 0.25) is 0 Å². The maximum Gasteiger partial charge on any atom is 0.279 e. The molecule has 138 valence electrons. The van der Waals surface area contributed by atoms with Crippen molar-refractivity contribution in [1.82, 2.24) is 9.78 Å². The van der Waals surface area contributed by atoms with Crippen molar-refractivity contribution in [3.63, 3.8) is 0 Å². The Balaban J connectivity index is 1.87. The van der Waals surface area contributed by atoms with Crippen LogP contribution in [0.15, 0.2) is 77.6 Å². The summed E-state index contributed by atoms with van der Waals surface area (Å²) in [5.74, 6) is -2.38. The molecule has 0 fully saturated rings. The van der Waals surface area contributed by atoms with E-state index in [1.165, 1.54) is 0 Å². The molecule has 28 heavy (non-hydrogen) atoms. The number of nitrogens with zero attached hydrogens (tertiary/aromatic N) is 2. The quantitative estimate of drug-likeness (QED) is 0.589. The summed E-state index contributed by atoms with van der Waals surface area (Å²) in [7, 11) is 0. The van der Waals surface area contributed by atoms with Crippen LogP contribution >= 0.6 is 0 Å². The fourth-order valence-corrected chi connectivity index (χ4v) is 2.87. The van der Waals surface area contributed by atoms with Crippen LogP contribution in [0.4, 0.5) is 14.5 Å². The monoisotopic (exact) mass is 377 g/mol. The van der Waals surface area contributed by atoms with Crippen LogP contribution in [0.3, 0.4) is 0 Å². The number of carbonyl (C=O) groups excluding carboxylic acids is 1. The normalized spacial score (nSPS) is 10.8. The van der Waals surface area contributed by atoms with E-state index in [9.17, 15) is 18.4 Å². The molecule has 0 radical (unpaired) electrons. The predicted octanol–water partition coefficient (Wildman–Crippen LogP) is 3.92. The van der Waals surface area contributed by atoms with Gasteiger partial charge >= 0.3 is 0 Å². The van der Waals surface area contributed by atoms with Gasteiger partial charge < -0.3 is 5.32 Å². The molecule has 3 aromatic carbocycles. The molecule has 0 aliphatic rings. The molecular weight excluding hydrogens is 364 g/mol. The average Bonchev–Trinajstić information content (AvgIpc) is 2.71. The average molecular weight is 377 g/mol. The molecule has 4 aromatic rings. The topological polar surface area (TPSA) is 64.0 Å². The van der Waals surface area contributed by atoms with Crippen molar-refractivity contribution in [3.8, 4) is 5.69 Å². The summed E-state index contributed by atoms with van der Waals surface area (Å²) >= 11 is 0. The van der Waals surface area contributed by atoms with Gasteiger partial charge in [-0.05, 0) is 30.3 Å². The van der Waals surface area contributed by atoms with Crippen LogP contribution in [0.25, 0.3) is 16.5 Å². The molecule has 1 amide bonds. The van der Waals surface area contributed by atoms with E-state index >= 15 is 0 Å². The zero-order chi connectivity index (χ0) is 19.7. The van der Waals surface area contributed by atoms with Crippen molar-refractivity contribution in [2.75, 3.05) is 5.32 Å². The Labute approximate surface area is 157 Å². The largest absolute Gasteiger partial charge is 0.318 e. The molecule has 0 saturated carbocycles. The molecule has 0 saturated heterocycles. The number of benzene rings is 3. The second-order valence-corrected chi connectivity index (χ2v) is 6.02. The van der Waals surface area contributed by atoms with E-state index in [0.29, 0.717) is 22.5 Å². The van der Waals surface area contributed by atoms with E-state index in [-0.39, 0.29) is 16.9 Å². The van der Waals surface area contributed by atoms with Crippen LogP contribution in [-0.4, -0.2) is 15.7 Å². The molecule has 0 aliphatic heterocycles. The van der Waals surface area contributed by atoms with Crippen LogP contribution in [0.2, 0.25) is 0 Å². The molecular formula is C21H13F2N3O2. The van der Waals surface area contributed by atoms with Crippen LogP contribution < -0.4 is 10.9 Å². The Morgan fingerprint density at radius 1 is 0.893 bits per heavy atom. The minimum atomic E-state index is -0.908. The van der Waals surface area contributed by atoms with Crippen molar-refractivity contribution in [3.05, 3.63) is 100 Å². The highest BCUT2D eigenvalue weighted by Gasteiger charge is 2.18. The fraction of sp³-hybridized carbons (Fsp3) is 0. The van der Waals surface area contributed by atoms with Gasteiger partial charge in [0.1, 0.15) is 11.6 Å². The Bertz CT molecular complexity index is 1250. The molecule has 5 nitrogen and oxygen atoms in total. The first-order valence-corrected chi connectivity index (χ1v) is 8.38. The van der Waals surface area contributed by atoms with Crippen molar-refractivity contribution in [1.29, 1.82) is 0 Å². The molecule has 1 N–H and O–H groups in total. The Morgan fingerprint density at radius 3 is 2.29 bits per heavy atom. The van der Waals surface area contributed by atoms with Crippen molar-refractivity contribution in [2.24, 2.45) is 0 Å². The summed E-state index contributed by atoms with van der Waals surface area (Å²) < 4.78 is 28.1. The summed E-state index contributed by atoms with van der Waals surface area (Å²) in [5.41, 5.74) is -0.135. The van der Waals surface area contributed by atoms with E-state index in [2.05, 4.69) is 10.4 Å². The number of hydrogen-bond acceptors (Lipinski definition) is 3. The Morgan fingerprint density at radius 2 is 1.57 bits per heavy atom. The number of fused-ring (bicyclic) bond motifs is 1. The number of anilines is 1. The number of carbonyl (C=O) groups is 1. The summed E-state index contributed by atoms with van der Waals surface area (Å²) in [4.78, 5) is 25.6. The molecule has 4 rings (SSSR count). The molecule has 7 heteroatoms. The smallest absolute Gasteiger partial charge is 0.279 e. The van der Waals surface area contributed by atoms with Crippen LogP contribution in [0.5, 0.6) is 0 Å². The lowest BCUT2D eigenvalue weighted by Crippen LogP contribution is -2.26. The number of hydrogen-bond donors (Lipinski definition) is 1. The van der Waals surface area contributed by atoms with Crippen LogP contribution in [0.1, 0.15) is 10.5 Å². The SMILES string of the molecule is O=C(Nc1ccc(F)cc1F)c1nn(-c2ccccc2)c(=O)c2ccccc12. The number of para-hydroxylation sites is 1. The third-order valence-electron chi connectivity index (χ3n) is 4.20. The first-order valence-electron chi connectivity index (χ1n) is 8.38. The van der Waals surface area contributed by atoms with Gasteiger partial charge in [0.05, 0.1) is 16.8 Å². The molecule has 0 aliphatic carbocycles. The lowest BCUT2D eigenvalue weighted by atomic mass is 10.1. The minimum Gasteiger partial charge on any atom is -0.318 e. The molecule has 0 unspecified atom stereocenters. The van der Waals surface area contributed by atoms with Crippen LogP contribution in [0, 0.1) is 11.6 Å². The summed E-state index contributed by atoms with van der Waals surface area (Å²) in [5, 5.41) is 7.23. The van der Waals surface area contributed by atoms with Gasteiger partial charge in [-0.2, -0.15) is 9.78 Å². The first kappa shape index (κ1) is 17.5. The number of amides is 1. The fourth-order valence-electron chi connectivity index (χ4n) is 2.87. The number of halogens is 2. The highest BCUT2D eigenvalue weighted by atomic mass is 19.1. The summed E-state index contributed by atoms with van der Waals surface area (Å²) in [6.07, 6.45) is 0. The maximum absolute atomic E-state index is 13.9. The number of rotatable bonds is 3. The third kappa shape index (κ3) is 3.14. The number of aromatic nitrogens is 2. The second-order valence-electron chi connectivity index (χ2n) is 6.02. The zero-order valence-corrected chi connectivity index (χ0v) is 14.4. The van der Waals surface area contributed by atoms with E-state index in [1.807, 2.05) is 0 Å². The minimum absolute atomic E-state index is 0.0530. The standard InChI is InChI=1S/C21H13F2N3O2/c22-13-10-11-18(17(23)12-13)24-20(27)19-15-8-4-5-9-16(15)21(28)26(25-19)14-6-2-1-3-7-14/h1-12H,(H,24,27). The second kappa shape index (κ2) is 7.03. The van der Waals surface area contributed by atoms with Gasteiger partial charge in [-0.1, -0.05) is 36.4 Å². The van der Waals surface area contributed by atoms with Crippen LogP contribution in [-0.2, 0) is 0 Å². The third-order valence-corrected chi connectivity index (χ3v) is 4.20. The lowest BCUT2D eigenvalue weighted by molar-refractivity contribution is 0.102. The van der Waals surface area contributed by atoms with E-state index in [0.717, 1.165) is 16.8 Å². The Kier molecular flexibility index (Phi) is 4.41. The first-order chi connectivity index (χ1) is 13.5. The predicted molar refractivity (Wildman–Crippen MR) is 102 cm³/mol. The molecule has 1 heterocycles. The molecule has 1 aromatic heterocycles. The van der Waals surface area contributed by atoms with Crippen molar-refractivity contribution < 1.29 is 13.6 Å². The molecule has 0 bridgehead atoms. The maximum atomic E-state index is 13.9. The van der Waals surface area contributed by atoms with Crippen molar-refractivity contribution in [2.45, 2.75) is 0 Å². The van der Waals surface area contributed by atoms with E-state index in [1.54, 1.807) is 54.6 Å².